The first-order valence-electron chi connectivity index (χ1n) is 11.5. The standard InChI is InChI=1S/C26H32FN3O5/c1-26(2,3)35-25(34)28(4)22(17-18-5-11-21(31)12-6-18)24(33)30-15-13-29(14-16-30)23(32)19-7-9-20(27)10-8-19/h5-12,22,31H,13-17H2,1-4H3. The Bertz CT molecular complexity index is 1040. The summed E-state index contributed by atoms with van der Waals surface area (Å²) >= 11 is 0. The van der Waals surface area contributed by atoms with Gasteiger partial charge in [0.15, 0.2) is 0 Å². The number of amides is 3. The van der Waals surface area contributed by atoms with Crippen LogP contribution in [0.2, 0.25) is 0 Å². The van der Waals surface area contributed by atoms with Crippen molar-refractivity contribution in [3.05, 3.63) is 65.5 Å². The summed E-state index contributed by atoms with van der Waals surface area (Å²) in [6.07, 6.45) is -0.372. The van der Waals surface area contributed by atoms with Gasteiger partial charge in [-0.3, -0.25) is 14.5 Å². The maximum Gasteiger partial charge on any atom is 0.410 e. The molecular weight excluding hydrogens is 453 g/mol. The number of carbonyl (C=O) groups excluding carboxylic acids is 3. The number of carbonyl (C=O) groups is 3. The van der Waals surface area contributed by atoms with Crippen LogP contribution in [0, 0.1) is 5.82 Å². The van der Waals surface area contributed by atoms with Crippen LogP contribution < -0.4 is 0 Å². The summed E-state index contributed by atoms with van der Waals surface area (Å²) in [7, 11) is 1.53. The van der Waals surface area contributed by atoms with Crippen LogP contribution in [-0.4, -0.2) is 82.6 Å². The Morgan fingerprint density at radius 3 is 2.06 bits per heavy atom. The van der Waals surface area contributed by atoms with Crippen molar-refractivity contribution >= 4 is 17.9 Å². The molecule has 1 N–H and O–H groups in total. The largest absolute Gasteiger partial charge is 0.508 e. The summed E-state index contributed by atoms with van der Waals surface area (Å²) in [4.78, 5) is 43.6. The van der Waals surface area contributed by atoms with Crippen molar-refractivity contribution in [1.29, 1.82) is 0 Å². The van der Waals surface area contributed by atoms with Crippen LogP contribution >= 0.6 is 0 Å². The van der Waals surface area contributed by atoms with Crippen LogP contribution in [0.15, 0.2) is 48.5 Å². The van der Waals surface area contributed by atoms with E-state index >= 15 is 0 Å². The number of phenols is 1. The summed E-state index contributed by atoms with van der Waals surface area (Å²) in [5.74, 6) is -0.770. The minimum Gasteiger partial charge on any atom is -0.508 e. The van der Waals surface area contributed by atoms with Gasteiger partial charge < -0.3 is 19.6 Å². The second-order valence-electron chi connectivity index (χ2n) is 9.60. The molecule has 3 rings (SSSR count). The predicted octanol–water partition coefficient (Wildman–Crippen LogP) is 3.29. The quantitative estimate of drug-likeness (QED) is 0.702. The number of hydrogen-bond acceptors (Lipinski definition) is 5. The highest BCUT2D eigenvalue weighted by Gasteiger charge is 2.35. The van der Waals surface area contributed by atoms with Gasteiger partial charge in [0.25, 0.3) is 5.91 Å². The Balaban J connectivity index is 1.71. The zero-order valence-electron chi connectivity index (χ0n) is 20.5. The Hall–Kier alpha value is -3.62. The monoisotopic (exact) mass is 485 g/mol. The number of aromatic hydroxyl groups is 1. The van der Waals surface area contributed by atoms with Crippen LogP contribution in [0.25, 0.3) is 0 Å². The molecule has 0 radical (unpaired) electrons. The maximum absolute atomic E-state index is 13.5. The van der Waals surface area contributed by atoms with Crippen molar-refractivity contribution in [3.8, 4) is 5.75 Å². The maximum atomic E-state index is 13.5. The number of hydrogen-bond donors (Lipinski definition) is 1. The molecule has 0 bridgehead atoms. The fourth-order valence-electron chi connectivity index (χ4n) is 3.82. The molecule has 0 aromatic heterocycles. The Morgan fingerprint density at radius 1 is 0.971 bits per heavy atom. The minimum atomic E-state index is -0.825. The molecule has 2 aromatic rings. The number of phenolic OH excluding ortho intramolecular Hbond substituents is 1. The van der Waals surface area contributed by atoms with E-state index in [2.05, 4.69) is 0 Å². The number of rotatable bonds is 5. The fourth-order valence-corrected chi connectivity index (χ4v) is 3.82. The Labute approximate surface area is 204 Å². The van der Waals surface area contributed by atoms with Gasteiger partial charge in [0.1, 0.15) is 23.2 Å². The number of likely N-dealkylation sites (N-methyl/N-ethyl adjacent to an activating group) is 1. The third kappa shape index (κ3) is 6.94. The number of benzene rings is 2. The van der Waals surface area contributed by atoms with Crippen molar-refractivity contribution < 1.29 is 28.6 Å². The second kappa shape index (κ2) is 10.8. The molecule has 2 aromatic carbocycles. The lowest BCUT2D eigenvalue weighted by atomic mass is 10.0. The summed E-state index contributed by atoms with van der Waals surface area (Å²) in [5, 5.41) is 9.58. The van der Waals surface area contributed by atoms with E-state index in [1.54, 1.807) is 42.7 Å². The predicted molar refractivity (Wildman–Crippen MR) is 128 cm³/mol. The van der Waals surface area contributed by atoms with E-state index in [-0.39, 0.29) is 24.0 Å². The Kier molecular flexibility index (Phi) is 7.99. The van der Waals surface area contributed by atoms with Gasteiger partial charge in [0, 0.05) is 45.2 Å². The first-order chi connectivity index (χ1) is 16.4. The van der Waals surface area contributed by atoms with Crippen LogP contribution in [-0.2, 0) is 16.0 Å². The summed E-state index contributed by atoms with van der Waals surface area (Å²) in [6.45, 7) is 6.53. The highest BCUT2D eigenvalue weighted by atomic mass is 19.1. The van der Waals surface area contributed by atoms with Gasteiger partial charge in [0.2, 0.25) is 5.91 Å². The van der Waals surface area contributed by atoms with Gasteiger partial charge in [-0.25, -0.2) is 9.18 Å². The molecule has 3 amide bonds. The average Bonchev–Trinajstić information content (AvgIpc) is 2.82. The van der Waals surface area contributed by atoms with E-state index in [9.17, 15) is 23.9 Å². The van der Waals surface area contributed by atoms with Crippen LogP contribution in [0.1, 0.15) is 36.7 Å². The summed E-state index contributed by atoms with van der Waals surface area (Å²) < 4.78 is 18.7. The first kappa shape index (κ1) is 26.0. The molecule has 1 aliphatic rings. The lowest BCUT2D eigenvalue weighted by Crippen LogP contribution is -2.57. The molecule has 1 aliphatic heterocycles. The molecule has 0 aliphatic carbocycles. The highest BCUT2D eigenvalue weighted by Crippen LogP contribution is 2.19. The summed E-state index contributed by atoms with van der Waals surface area (Å²) in [6, 6.07) is 11.0. The van der Waals surface area contributed by atoms with Crippen LogP contribution in [0.4, 0.5) is 9.18 Å². The average molecular weight is 486 g/mol. The third-order valence-corrected chi connectivity index (χ3v) is 5.77. The van der Waals surface area contributed by atoms with Crippen molar-refractivity contribution in [2.75, 3.05) is 33.2 Å². The Morgan fingerprint density at radius 2 is 1.51 bits per heavy atom. The van der Waals surface area contributed by atoms with E-state index in [1.807, 2.05) is 0 Å². The van der Waals surface area contributed by atoms with Crippen molar-refractivity contribution in [2.45, 2.75) is 38.8 Å². The second-order valence-corrected chi connectivity index (χ2v) is 9.60. The third-order valence-electron chi connectivity index (χ3n) is 5.77. The number of nitrogens with zero attached hydrogens (tertiary/aromatic N) is 3. The van der Waals surface area contributed by atoms with Gasteiger partial charge in [-0.2, -0.15) is 0 Å². The van der Waals surface area contributed by atoms with E-state index in [1.165, 1.54) is 48.3 Å². The van der Waals surface area contributed by atoms with E-state index in [4.69, 9.17) is 4.74 Å². The number of ether oxygens (including phenoxy) is 1. The van der Waals surface area contributed by atoms with Crippen LogP contribution in [0.3, 0.4) is 0 Å². The zero-order valence-corrected chi connectivity index (χ0v) is 20.5. The molecule has 1 saturated heterocycles. The molecule has 0 spiro atoms. The normalized spacial score (nSPS) is 14.9. The van der Waals surface area contributed by atoms with Gasteiger partial charge in [-0.05, 0) is 62.7 Å². The van der Waals surface area contributed by atoms with Gasteiger partial charge >= 0.3 is 6.09 Å². The van der Waals surface area contributed by atoms with E-state index in [0.29, 0.717) is 31.7 Å². The smallest absolute Gasteiger partial charge is 0.410 e. The van der Waals surface area contributed by atoms with Gasteiger partial charge in [-0.1, -0.05) is 12.1 Å². The van der Waals surface area contributed by atoms with Crippen molar-refractivity contribution in [3.63, 3.8) is 0 Å². The lowest BCUT2D eigenvalue weighted by molar-refractivity contribution is -0.138. The number of piperazine rings is 1. The number of halogens is 1. The molecule has 1 heterocycles. The molecule has 1 unspecified atom stereocenters. The molecule has 1 fully saturated rings. The van der Waals surface area contributed by atoms with Crippen molar-refractivity contribution in [1.82, 2.24) is 14.7 Å². The van der Waals surface area contributed by atoms with Gasteiger partial charge in [-0.15, -0.1) is 0 Å². The molecular formula is C26H32FN3O5. The molecule has 1 atom stereocenters. The SMILES string of the molecule is CN(C(=O)OC(C)(C)C)C(Cc1ccc(O)cc1)C(=O)N1CCN(C(=O)c2ccc(F)cc2)CC1. The highest BCUT2D eigenvalue weighted by molar-refractivity contribution is 5.94. The topological polar surface area (TPSA) is 90.4 Å². The molecule has 188 valence electrons. The molecule has 9 heteroatoms. The van der Waals surface area contributed by atoms with Crippen LogP contribution in [0.5, 0.6) is 5.75 Å². The van der Waals surface area contributed by atoms with Crippen molar-refractivity contribution in [2.24, 2.45) is 0 Å². The molecule has 0 saturated carbocycles. The summed E-state index contributed by atoms with van der Waals surface area (Å²) in [5.41, 5.74) is 0.451. The molecule has 8 nitrogen and oxygen atoms in total. The minimum absolute atomic E-state index is 0.110. The molecule has 35 heavy (non-hydrogen) atoms. The van der Waals surface area contributed by atoms with Gasteiger partial charge in [0.05, 0.1) is 0 Å². The van der Waals surface area contributed by atoms with E-state index < -0.39 is 23.6 Å². The fraction of sp³-hybridized carbons (Fsp3) is 0.423. The van der Waals surface area contributed by atoms with E-state index in [0.717, 1.165) is 5.56 Å². The zero-order chi connectivity index (χ0) is 25.8. The first-order valence-corrected chi connectivity index (χ1v) is 11.5. The lowest BCUT2D eigenvalue weighted by Gasteiger charge is -2.38.